The lowest BCUT2D eigenvalue weighted by atomic mass is 9.97. The molecule has 0 spiro atoms. The van der Waals surface area contributed by atoms with Crippen LogP contribution in [0.4, 0.5) is 0 Å². The fourth-order valence-corrected chi connectivity index (χ4v) is 3.84. The third-order valence-electron chi connectivity index (χ3n) is 5.31. The zero-order chi connectivity index (χ0) is 18.8. The highest BCUT2D eigenvalue weighted by Crippen LogP contribution is 2.40. The molecule has 2 aromatic carbocycles. The first-order valence-electron chi connectivity index (χ1n) is 9.15. The third kappa shape index (κ3) is 3.37. The molecule has 27 heavy (non-hydrogen) atoms. The molecule has 144 valence electrons. The van der Waals surface area contributed by atoms with Crippen LogP contribution in [0, 0.1) is 0 Å². The van der Waals surface area contributed by atoms with Crippen LogP contribution in [0.15, 0.2) is 24.3 Å². The van der Waals surface area contributed by atoms with Gasteiger partial charge < -0.3 is 23.7 Å². The Morgan fingerprint density at radius 2 is 1.78 bits per heavy atom. The molecule has 2 aliphatic heterocycles. The summed E-state index contributed by atoms with van der Waals surface area (Å²) in [7, 11) is 4.99. The summed E-state index contributed by atoms with van der Waals surface area (Å²) in [6, 6.07) is 7.99. The second-order valence-corrected chi connectivity index (χ2v) is 6.72. The predicted octanol–water partition coefficient (Wildman–Crippen LogP) is 3.04. The van der Waals surface area contributed by atoms with Gasteiger partial charge in [0.2, 0.25) is 6.79 Å². The van der Waals surface area contributed by atoms with Gasteiger partial charge in [0.25, 0.3) is 0 Å². The molecule has 0 N–H and O–H groups in total. The fourth-order valence-electron chi connectivity index (χ4n) is 3.84. The van der Waals surface area contributed by atoms with Crippen molar-refractivity contribution in [2.75, 3.05) is 41.2 Å². The normalized spacial score (nSPS) is 15.4. The molecule has 0 saturated carbocycles. The fraction of sp³-hybridized carbons (Fsp3) is 0.429. The molecular weight excluding hydrogens is 346 g/mol. The highest BCUT2D eigenvalue weighted by Gasteiger charge is 2.26. The smallest absolute Gasteiger partial charge is 0.231 e. The monoisotopic (exact) mass is 371 g/mol. The summed E-state index contributed by atoms with van der Waals surface area (Å²) in [5, 5.41) is 0. The van der Waals surface area contributed by atoms with Gasteiger partial charge in [0, 0.05) is 42.9 Å². The zero-order valence-corrected chi connectivity index (χ0v) is 16.0. The number of fused-ring (bicyclic) bond motifs is 3. The first-order valence-corrected chi connectivity index (χ1v) is 9.15. The number of hydrogen-bond acceptors (Lipinski definition) is 6. The Morgan fingerprint density at radius 1 is 1.00 bits per heavy atom. The number of hydrogen-bond donors (Lipinski definition) is 0. The van der Waals surface area contributed by atoms with Crippen molar-refractivity contribution in [3.63, 3.8) is 0 Å². The number of benzene rings is 2. The van der Waals surface area contributed by atoms with Gasteiger partial charge in [0.15, 0.2) is 11.5 Å². The van der Waals surface area contributed by atoms with Crippen molar-refractivity contribution in [3.05, 3.63) is 41.0 Å². The van der Waals surface area contributed by atoms with Gasteiger partial charge in [0.05, 0.1) is 21.3 Å². The molecule has 4 rings (SSSR count). The van der Waals surface area contributed by atoms with Gasteiger partial charge in [-0.15, -0.1) is 0 Å². The van der Waals surface area contributed by atoms with Crippen LogP contribution in [0.1, 0.15) is 16.7 Å². The second-order valence-electron chi connectivity index (χ2n) is 6.72. The molecule has 0 saturated heterocycles. The average Bonchev–Trinajstić information content (AvgIpc) is 3.20. The minimum Gasteiger partial charge on any atom is -0.496 e. The van der Waals surface area contributed by atoms with E-state index in [9.17, 15) is 0 Å². The van der Waals surface area contributed by atoms with Gasteiger partial charge in [-0.2, -0.15) is 0 Å². The topological polar surface area (TPSA) is 49.4 Å². The van der Waals surface area contributed by atoms with Gasteiger partial charge in [-0.05, 0) is 24.5 Å². The van der Waals surface area contributed by atoms with E-state index < -0.39 is 0 Å². The van der Waals surface area contributed by atoms with E-state index in [0.717, 1.165) is 66.8 Å². The Labute approximate surface area is 159 Å². The molecular formula is C21H25NO5. The summed E-state index contributed by atoms with van der Waals surface area (Å²) in [5.41, 5.74) is 3.67. The highest BCUT2D eigenvalue weighted by atomic mass is 16.7. The van der Waals surface area contributed by atoms with Crippen LogP contribution in [-0.4, -0.2) is 46.1 Å². The number of nitrogens with zero attached hydrogens (tertiary/aromatic N) is 1. The van der Waals surface area contributed by atoms with Crippen LogP contribution in [0.3, 0.4) is 0 Å². The highest BCUT2D eigenvalue weighted by molar-refractivity contribution is 5.53. The molecule has 0 bridgehead atoms. The standard InChI is InChI=1S/C21H25NO5/c1-23-15-10-19(24-2)16(20(11-15)25-3)7-9-22-8-6-14-4-5-18-21(17(14)12-22)27-13-26-18/h4-5,10-11H,6-9,12-13H2,1-3H3. The largest absolute Gasteiger partial charge is 0.496 e. The van der Waals surface area contributed by atoms with E-state index >= 15 is 0 Å². The van der Waals surface area contributed by atoms with Crippen molar-refractivity contribution in [2.24, 2.45) is 0 Å². The van der Waals surface area contributed by atoms with Crippen LogP contribution >= 0.6 is 0 Å². The number of ether oxygens (including phenoxy) is 5. The Bertz CT molecular complexity index is 811. The Kier molecular flexibility index (Phi) is 4.99. The molecule has 0 radical (unpaired) electrons. The summed E-state index contributed by atoms with van der Waals surface area (Å²) < 4.78 is 27.7. The molecule has 2 heterocycles. The Balaban J connectivity index is 1.51. The van der Waals surface area contributed by atoms with E-state index in [-0.39, 0.29) is 0 Å². The second kappa shape index (κ2) is 7.56. The maximum atomic E-state index is 5.70. The molecule has 2 aliphatic rings. The van der Waals surface area contributed by atoms with Crippen molar-refractivity contribution in [1.29, 1.82) is 0 Å². The quantitative estimate of drug-likeness (QED) is 0.778. The SMILES string of the molecule is COc1cc(OC)c(CCN2CCc3ccc4c(c3C2)OCO4)c(OC)c1. The maximum Gasteiger partial charge on any atom is 0.231 e. The van der Waals surface area contributed by atoms with Crippen LogP contribution in [0.25, 0.3) is 0 Å². The first kappa shape index (κ1) is 17.8. The van der Waals surface area contributed by atoms with E-state index in [1.165, 1.54) is 11.1 Å². The molecule has 0 unspecified atom stereocenters. The zero-order valence-electron chi connectivity index (χ0n) is 16.0. The summed E-state index contributed by atoms with van der Waals surface area (Å²) in [6.07, 6.45) is 1.85. The summed E-state index contributed by atoms with van der Waals surface area (Å²) in [4.78, 5) is 2.44. The van der Waals surface area contributed by atoms with Gasteiger partial charge >= 0.3 is 0 Å². The summed E-state index contributed by atoms with van der Waals surface area (Å²) in [6.45, 7) is 3.10. The van der Waals surface area contributed by atoms with Crippen molar-refractivity contribution >= 4 is 0 Å². The number of methoxy groups -OCH3 is 3. The molecule has 0 atom stereocenters. The van der Waals surface area contributed by atoms with Gasteiger partial charge in [-0.25, -0.2) is 0 Å². The Hall–Kier alpha value is -2.60. The lowest BCUT2D eigenvalue weighted by molar-refractivity contribution is 0.171. The molecule has 0 aromatic heterocycles. The molecule has 0 amide bonds. The molecule has 0 aliphatic carbocycles. The third-order valence-corrected chi connectivity index (χ3v) is 5.31. The lowest BCUT2D eigenvalue weighted by Gasteiger charge is -2.29. The van der Waals surface area contributed by atoms with Crippen molar-refractivity contribution in [1.82, 2.24) is 4.90 Å². The lowest BCUT2D eigenvalue weighted by Crippen LogP contribution is -2.32. The van der Waals surface area contributed by atoms with Crippen LogP contribution in [0.5, 0.6) is 28.7 Å². The molecule has 6 heteroatoms. The molecule has 2 aromatic rings. The van der Waals surface area contributed by atoms with E-state index in [1.807, 2.05) is 18.2 Å². The van der Waals surface area contributed by atoms with E-state index in [4.69, 9.17) is 23.7 Å². The Morgan fingerprint density at radius 3 is 2.48 bits per heavy atom. The summed E-state index contributed by atoms with van der Waals surface area (Å²) in [5.74, 6) is 4.08. The van der Waals surface area contributed by atoms with Crippen LogP contribution in [-0.2, 0) is 19.4 Å². The van der Waals surface area contributed by atoms with Crippen molar-refractivity contribution in [3.8, 4) is 28.7 Å². The molecule has 0 fully saturated rings. The molecule has 6 nitrogen and oxygen atoms in total. The van der Waals surface area contributed by atoms with E-state index in [0.29, 0.717) is 6.79 Å². The van der Waals surface area contributed by atoms with Crippen LogP contribution in [0.2, 0.25) is 0 Å². The maximum absolute atomic E-state index is 5.70. The number of rotatable bonds is 6. The minimum atomic E-state index is 0.312. The predicted molar refractivity (Wildman–Crippen MR) is 101 cm³/mol. The van der Waals surface area contributed by atoms with E-state index in [2.05, 4.69) is 11.0 Å². The van der Waals surface area contributed by atoms with Crippen LogP contribution < -0.4 is 23.7 Å². The first-order chi connectivity index (χ1) is 13.2. The van der Waals surface area contributed by atoms with Gasteiger partial charge in [0.1, 0.15) is 17.2 Å². The van der Waals surface area contributed by atoms with E-state index in [1.54, 1.807) is 21.3 Å². The summed E-state index contributed by atoms with van der Waals surface area (Å²) >= 11 is 0. The van der Waals surface area contributed by atoms with Gasteiger partial charge in [-0.1, -0.05) is 6.07 Å². The van der Waals surface area contributed by atoms with Crippen molar-refractivity contribution < 1.29 is 23.7 Å². The van der Waals surface area contributed by atoms with Crippen molar-refractivity contribution in [2.45, 2.75) is 19.4 Å². The minimum absolute atomic E-state index is 0.312. The van der Waals surface area contributed by atoms with Gasteiger partial charge in [-0.3, -0.25) is 4.90 Å². The average molecular weight is 371 g/mol.